The summed E-state index contributed by atoms with van der Waals surface area (Å²) in [5, 5.41) is 2.04. The summed E-state index contributed by atoms with van der Waals surface area (Å²) >= 11 is 3.86. The van der Waals surface area contributed by atoms with Crippen LogP contribution in [0.5, 0.6) is 0 Å². The molecule has 0 bridgehead atoms. The van der Waals surface area contributed by atoms with Crippen LogP contribution in [-0.4, -0.2) is 9.97 Å². The van der Waals surface area contributed by atoms with Crippen LogP contribution in [0.1, 0.15) is 5.82 Å². The molecular weight excluding hydrogens is 208 g/mol. The van der Waals surface area contributed by atoms with Crippen molar-refractivity contribution in [2.24, 2.45) is 0 Å². The first kappa shape index (κ1) is 9.77. The maximum atomic E-state index is 11.6. The minimum Gasteiger partial charge on any atom is -0.306 e. The number of benzene rings is 1. The molecule has 0 amide bonds. The molecule has 74 valence electrons. The van der Waals surface area contributed by atoms with Gasteiger partial charge in [0.05, 0.1) is 10.9 Å². The highest BCUT2D eigenvalue weighted by atomic mass is 32.1. The predicted molar refractivity (Wildman–Crippen MR) is 63.9 cm³/mol. The highest BCUT2D eigenvalue weighted by Crippen LogP contribution is 2.05. The van der Waals surface area contributed by atoms with E-state index >= 15 is 0 Å². The molecular formula is C11H8N2OS. The summed E-state index contributed by atoms with van der Waals surface area (Å²) in [7, 11) is 0. The molecule has 0 unspecified atom stereocenters. The molecule has 0 aliphatic carbocycles. The SMILES string of the molecule is O=c1[nH]c(C=C=CS)nc2ccccc12. The molecule has 0 saturated heterocycles. The largest absolute Gasteiger partial charge is 0.306 e. The second-order valence-corrected chi connectivity index (χ2v) is 3.17. The van der Waals surface area contributed by atoms with E-state index in [-0.39, 0.29) is 5.56 Å². The highest BCUT2D eigenvalue weighted by molar-refractivity contribution is 7.83. The zero-order chi connectivity index (χ0) is 10.7. The minimum absolute atomic E-state index is 0.146. The number of hydrogen-bond donors (Lipinski definition) is 2. The molecule has 3 nitrogen and oxygen atoms in total. The van der Waals surface area contributed by atoms with Crippen molar-refractivity contribution in [3.8, 4) is 0 Å². The van der Waals surface area contributed by atoms with Gasteiger partial charge in [0.1, 0.15) is 5.82 Å². The Labute approximate surface area is 91.6 Å². The van der Waals surface area contributed by atoms with Crippen molar-refractivity contribution in [2.45, 2.75) is 0 Å². The quantitative estimate of drug-likeness (QED) is 0.565. The summed E-state index contributed by atoms with van der Waals surface area (Å²) in [5.41, 5.74) is 3.27. The molecule has 0 atom stereocenters. The van der Waals surface area contributed by atoms with Crippen molar-refractivity contribution in [1.82, 2.24) is 9.97 Å². The van der Waals surface area contributed by atoms with E-state index < -0.39 is 0 Å². The third kappa shape index (κ3) is 2.01. The lowest BCUT2D eigenvalue weighted by Crippen LogP contribution is -2.09. The number of fused-ring (bicyclic) bond motifs is 1. The second kappa shape index (κ2) is 4.17. The monoisotopic (exact) mass is 216 g/mol. The number of rotatable bonds is 1. The van der Waals surface area contributed by atoms with Crippen LogP contribution in [0.15, 0.2) is 40.2 Å². The van der Waals surface area contributed by atoms with Gasteiger partial charge in [0, 0.05) is 11.5 Å². The molecule has 1 aromatic heterocycles. The number of aromatic nitrogens is 2. The summed E-state index contributed by atoms with van der Waals surface area (Å²) in [6, 6.07) is 7.19. The van der Waals surface area contributed by atoms with Gasteiger partial charge in [-0.3, -0.25) is 4.79 Å². The third-order valence-electron chi connectivity index (χ3n) is 1.93. The number of para-hydroxylation sites is 1. The number of H-pyrrole nitrogens is 1. The van der Waals surface area contributed by atoms with Crippen LogP contribution in [0.4, 0.5) is 0 Å². The average molecular weight is 216 g/mol. The molecule has 0 aliphatic heterocycles. The Balaban J connectivity index is 2.73. The Morgan fingerprint density at radius 1 is 1.40 bits per heavy atom. The summed E-state index contributed by atoms with van der Waals surface area (Å²) in [5.74, 6) is 0.476. The first-order valence-corrected chi connectivity index (χ1v) is 4.87. The van der Waals surface area contributed by atoms with Crippen molar-refractivity contribution in [2.75, 3.05) is 0 Å². The average Bonchev–Trinajstić information content (AvgIpc) is 2.26. The van der Waals surface area contributed by atoms with Gasteiger partial charge < -0.3 is 4.98 Å². The number of nitrogens with one attached hydrogen (secondary N) is 1. The Kier molecular flexibility index (Phi) is 2.72. The van der Waals surface area contributed by atoms with Crippen LogP contribution < -0.4 is 5.56 Å². The van der Waals surface area contributed by atoms with Gasteiger partial charge in [-0.1, -0.05) is 12.1 Å². The summed E-state index contributed by atoms with van der Waals surface area (Å²) < 4.78 is 0. The Hall–Kier alpha value is -1.77. The molecule has 1 aromatic carbocycles. The van der Waals surface area contributed by atoms with Crippen molar-refractivity contribution in [3.05, 3.63) is 51.6 Å². The van der Waals surface area contributed by atoms with Crippen LogP contribution in [0.3, 0.4) is 0 Å². The summed E-state index contributed by atoms with van der Waals surface area (Å²) in [4.78, 5) is 18.5. The Morgan fingerprint density at radius 3 is 3.00 bits per heavy atom. The number of nitrogens with zero attached hydrogens (tertiary/aromatic N) is 1. The van der Waals surface area contributed by atoms with Gasteiger partial charge in [0.25, 0.3) is 5.56 Å². The summed E-state index contributed by atoms with van der Waals surface area (Å²) in [6.07, 6.45) is 1.57. The Morgan fingerprint density at radius 2 is 2.20 bits per heavy atom. The van der Waals surface area contributed by atoms with Crippen LogP contribution in [0.25, 0.3) is 17.0 Å². The minimum atomic E-state index is -0.146. The van der Waals surface area contributed by atoms with E-state index in [1.165, 1.54) is 5.41 Å². The second-order valence-electron chi connectivity index (χ2n) is 2.91. The van der Waals surface area contributed by atoms with Gasteiger partial charge in [0.2, 0.25) is 0 Å². The van der Waals surface area contributed by atoms with Crippen molar-refractivity contribution in [1.29, 1.82) is 0 Å². The first-order valence-electron chi connectivity index (χ1n) is 4.35. The van der Waals surface area contributed by atoms with Gasteiger partial charge in [-0.25, -0.2) is 4.98 Å². The van der Waals surface area contributed by atoms with Crippen molar-refractivity contribution in [3.63, 3.8) is 0 Å². The van der Waals surface area contributed by atoms with Crippen molar-refractivity contribution < 1.29 is 0 Å². The zero-order valence-corrected chi connectivity index (χ0v) is 8.66. The molecule has 2 aromatic rings. The van der Waals surface area contributed by atoms with Gasteiger partial charge in [-0.05, 0) is 12.1 Å². The van der Waals surface area contributed by atoms with Crippen LogP contribution >= 0.6 is 12.6 Å². The molecule has 0 aliphatic rings. The number of aromatic amines is 1. The van der Waals surface area contributed by atoms with E-state index in [9.17, 15) is 4.79 Å². The van der Waals surface area contributed by atoms with Crippen LogP contribution in [0, 0.1) is 0 Å². The highest BCUT2D eigenvalue weighted by Gasteiger charge is 1.99. The van der Waals surface area contributed by atoms with E-state index in [2.05, 4.69) is 28.3 Å². The molecule has 0 fully saturated rings. The lowest BCUT2D eigenvalue weighted by atomic mass is 10.2. The molecule has 0 radical (unpaired) electrons. The first-order chi connectivity index (χ1) is 7.31. The molecule has 0 spiro atoms. The maximum absolute atomic E-state index is 11.6. The van der Waals surface area contributed by atoms with E-state index in [0.29, 0.717) is 16.7 Å². The number of hydrogen-bond acceptors (Lipinski definition) is 3. The number of thiol groups is 1. The molecule has 15 heavy (non-hydrogen) atoms. The molecule has 1 heterocycles. The van der Waals surface area contributed by atoms with Crippen LogP contribution in [0.2, 0.25) is 0 Å². The van der Waals surface area contributed by atoms with Gasteiger partial charge >= 0.3 is 0 Å². The van der Waals surface area contributed by atoms with E-state index in [4.69, 9.17) is 0 Å². The van der Waals surface area contributed by atoms with E-state index in [0.717, 1.165) is 0 Å². The molecule has 1 N–H and O–H groups in total. The Bertz CT molecular complexity index is 609. The standard InChI is InChI=1S/C11H8N2OS/c14-11-8-4-1-2-5-9(8)12-10(13-11)6-3-7-15/h1-2,4-7,15H,(H,12,13,14). The smallest absolute Gasteiger partial charge is 0.259 e. The topological polar surface area (TPSA) is 45.8 Å². The predicted octanol–water partition coefficient (Wildman–Crippen LogP) is 1.98. The van der Waals surface area contributed by atoms with E-state index in [1.807, 2.05) is 12.1 Å². The molecule has 2 rings (SSSR count). The fourth-order valence-corrected chi connectivity index (χ4v) is 1.36. The van der Waals surface area contributed by atoms with Crippen LogP contribution in [-0.2, 0) is 0 Å². The summed E-state index contributed by atoms with van der Waals surface area (Å²) in [6.45, 7) is 0. The lowest BCUT2D eigenvalue weighted by Gasteiger charge is -1.96. The normalized spacial score (nSPS) is 9.67. The van der Waals surface area contributed by atoms with Gasteiger partial charge in [-0.15, -0.1) is 18.4 Å². The van der Waals surface area contributed by atoms with Gasteiger partial charge in [-0.2, -0.15) is 0 Å². The lowest BCUT2D eigenvalue weighted by molar-refractivity contribution is 1.14. The zero-order valence-electron chi connectivity index (χ0n) is 7.77. The maximum Gasteiger partial charge on any atom is 0.259 e. The van der Waals surface area contributed by atoms with Crippen molar-refractivity contribution >= 4 is 29.6 Å². The third-order valence-corrected chi connectivity index (χ3v) is 2.07. The fourth-order valence-electron chi connectivity index (χ4n) is 1.29. The molecule has 4 heteroatoms. The fraction of sp³-hybridized carbons (Fsp3) is 0. The molecule has 0 saturated carbocycles. The van der Waals surface area contributed by atoms with E-state index in [1.54, 1.807) is 18.2 Å². The van der Waals surface area contributed by atoms with Gasteiger partial charge in [0.15, 0.2) is 0 Å².